The van der Waals surface area contributed by atoms with E-state index < -0.39 is 13.8 Å². The molecule has 0 amide bonds. The van der Waals surface area contributed by atoms with Crippen LogP contribution < -0.4 is 74.6 Å². The van der Waals surface area contributed by atoms with E-state index in [2.05, 4.69) is 0 Å². The van der Waals surface area contributed by atoms with E-state index in [-0.39, 0.29) is 65.7 Å². The zero-order chi connectivity index (χ0) is 5.91. The third kappa shape index (κ3) is 17.8. The van der Waals surface area contributed by atoms with Gasteiger partial charge in [-0.1, -0.05) is 7.60 Å². The Kier molecular flexibility index (Phi) is 15.7. The molecule has 0 radical (unpaired) electrons. The maximum Gasteiger partial charge on any atom is 1.00 e. The van der Waals surface area contributed by atoms with Gasteiger partial charge in [0.1, 0.15) is 0 Å². The smallest absolute Gasteiger partial charge is 0.811 e. The van der Waals surface area contributed by atoms with Crippen molar-refractivity contribution < 1.29 is 73.5 Å². The van der Waals surface area contributed by atoms with Gasteiger partial charge in [0.05, 0.1) is 0 Å². The molecule has 0 aliphatic rings. The molecule has 0 aliphatic heterocycles. The molecule has 0 aromatic rings. The van der Waals surface area contributed by atoms with Crippen LogP contribution in [0, 0.1) is 0 Å². The minimum absolute atomic E-state index is 0. The van der Waals surface area contributed by atoms with Crippen molar-refractivity contribution in [2.24, 2.45) is 5.73 Å². The zero-order valence-electron chi connectivity index (χ0n) is 5.66. The molecule has 0 heterocycles. The number of hydrogen-bond acceptors (Lipinski definition) is 4. The van der Waals surface area contributed by atoms with Gasteiger partial charge in [-0.15, -0.1) is 0 Å². The zero-order valence-corrected chi connectivity index (χ0v) is 10.6. The Hall–Kier alpha value is 2.11. The molecule has 0 saturated heterocycles. The van der Waals surface area contributed by atoms with Gasteiger partial charge in [0.2, 0.25) is 0 Å². The summed E-state index contributed by atoms with van der Waals surface area (Å²) in [5, 5.41) is 0. The van der Waals surface area contributed by atoms with Crippen LogP contribution in [0.15, 0.2) is 0 Å². The van der Waals surface area contributed by atoms with Crippen LogP contribution in [0.25, 0.3) is 0 Å². The monoisotopic (exact) mass is 169 g/mol. The second-order valence-electron chi connectivity index (χ2n) is 1.12. The van der Waals surface area contributed by atoms with Crippen LogP contribution in [0.5, 0.6) is 0 Å². The predicted molar refractivity (Wildman–Crippen MR) is 21.5 cm³/mol. The van der Waals surface area contributed by atoms with E-state index >= 15 is 0 Å². The van der Waals surface area contributed by atoms with Crippen LogP contribution in [0.4, 0.5) is 0 Å². The van der Waals surface area contributed by atoms with Gasteiger partial charge < -0.3 is 20.1 Å². The van der Waals surface area contributed by atoms with Crippen LogP contribution in [-0.4, -0.2) is 12.7 Å². The molecule has 2 N–H and O–H groups in total. The maximum absolute atomic E-state index is 9.62. The van der Waals surface area contributed by atoms with Gasteiger partial charge in [-0.3, -0.25) is 0 Å². The first-order valence-electron chi connectivity index (χ1n) is 1.77. The molecule has 7 heteroatoms. The van der Waals surface area contributed by atoms with Crippen LogP contribution in [0.2, 0.25) is 0 Å². The largest absolute Gasteiger partial charge is 1.00 e. The number of nitrogens with two attached hydrogens (primary N) is 1. The summed E-state index contributed by atoms with van der Waals surface area (Å²) in [5.41, 5.74) is 4.74. The average molecular weight is 169 g/mol. The van der Waals surface area contributed by atoms with E-state index in [4.69, 9.17) is 5.73 Å². The summed E-state index contributed by atoms with van der Waals surface area (Å²) in [6, 6.07) is 0. The van der Waals surface area contributed by atoms with Crippen LogP contribution in [0.1, 0.15) is 0 Å². The van der Waals surface area contributed by atoms with Crippen molar-refractivity contribution in [3.8, 4) is 0 Å². The number of rotatable bonds is 2. The first-order chi connectivity index (χ1) is 3.06. The van der Waals surface area contributed by atoms with Gasteiger partial charge >= 0.3 is 59.1 Å². The van der Waals surface area contributed by atoms with Crippen LogP contribution >= 0.6 is 7.60 Å². The molecule has 0 unspecified atom stereocenters. The molecule has 0 bridgehead atoms. The van der Waals surface area contributed by atoms with Crippen molar-refractivity contribution in [3.05, 3.63) is 0 Å². The quantitative estimate of drug-likeness (QED) is 0.328. The minimum Gasteiger partial charge on any atom is -0.811 e. The molecular formula is C2H6NNa2O3P. The van der Waals surface area contributed by atoms with Crippen molar-refractivity contribution >= 4 is 7.60 Å². The van der Waals surface area contributed by atoms with E-state index in [0.717, 1.165) is 0 Å². The summed E-state index contributed by atoms with van der Waals surface area (Å²) in [5.74, 6) is 0. The summed E-state index contributed by atoms with van der Waals surface area (Å²) in [4.78, 5) is 19.2. The molecule has 0 fully saturated rings. The summed E-state index contributed by atoms with van der Waals surface area (Å²) in [6.45, 7) is -0.0791. The molecule has 0 aromatic heterocycles. The molecule has 0 saturated carbocycles. The van der Waals surface area contributed by atoms with Gasteiger partial charge in [0.25, 0.3) is 0 Å². The average Bonchev–Trinajstić information content (AvgIpc) is 1.30. The fourth-order valence-electron chi connectivity index (χ4n) is 0.158. The Morgan fingerprint density at radius 1 is 1.33 bits per heavy atom. The Morgan fingerprint density at radius 2 is 1.67 bits per heavy atom. The standard InChI is InChI=1S/C2H8NO3P.2Na/c3-1-2-7(4,5)6;;/h1-3H2,(H2,4,5,6);;/q;2*+1/p-2. The Bertz CT molecular complexity index is 93.8. The van der Waals surface area contributed by atoms with E-state index in [1.54, 1.807) is 0 Å². The Balaban J connectivity index is -0.000000180. The first-order valence-corrected chi connectivity index (χ1v) is 3.50. The first kappa shape index (κ1) is 17.3. The van der Waals surface area contributed by atoms with Crippen molar-refractivity contribution in [2.75, 3.05) is 12.7 Å². The van der Waals surface area contributed by atoms with Crippen molar-refractivity contribution in [3.63, 3.8) is 0 Å². The summed E-state index contributed by atoms with van der Waals surface area (Å²) < 4.78 is 9.62. The predicted octanol–water partition coefficient (Wildman–Crippen LogP) is -8.13. The topological polar surface area (TPSA) is 89.2 Å². The van der Waals surface area contributed by atoms with E-state index in [0.29, 0.717) is 0 Å². The molecule has 9 heavy (non-hydrogen) atoms. The summed E-state index contributed by atoms with van der Waals surface area (Å²) in [7, 11) is -4.29. The van der Waals surface area contributed by atoms with E-state index in [1.807, 2.05) is 0 Å². The van der Waals surface area contributed by atoms with Gasteiger partial charge in [-0.2, -0.15) is 0 Å². The van der Waals surface area contributed by atoms with E-state index in [1.165, 1.54) is 0 Å². The molecule has 0 atom stereocenters. The van der Waals surface area contributed by atoms with Crippen LogP contribution in [0.3, 0.4) is 0 Å². The molecule has 0 rings (SSSR count). The summed E-state index contributed by atoms with van der Waals surface area (Å²) in [6.07, 6.45) is -0.438. The van der Waals surface area contributed by atoms with Crippen LogP contribution in [-0.2, 0) is 4.57 Å². The molecule has 0 aromatic carbocycles. The Morgan fingerprint density at radius 3 is 1.67 bits per heavy atom. The van der Waals surface area contributed by atoms with Crippen molar-refractivity contribution in [2.45, 2.75) is 0 Å². The SMILES string of the molecule is NCCP(=O)([O-])[O-].[Na+].[Na+]. The molecule has 4 nitrogen and oxygen atoms in total. The number of hydrogen-bond donors (Lipinski definition) is 1. The third-order valence-corrected chi connectivity index (χ3v) is 1.21. The van der Waals surface area contributed by atoms with Crippen molar-refractivity contribution in [1.82, 2.24) is 0 Å². The fraction of sp³-hybridized carbons (Fsp3) is 1.00. The summed E-state index contributed by atoms with van der Waals surface area (Å²) >= 11 is 0. The maximum atomic E-state index is 9.62. The molecule has 0 aliphatic carbocycles. The van der Waals surface area contributed by atoms with Gasteiger partial charge in [-0.25, -0.2) is 0 Å². The molecule has 44 valence electrons. The van der Waals surface area contributed by atoms with E-state index in [9.17, 15) is 14.4 Å². The molecular weight excluding hydrogens is 163 g/mol. The van der Waals surface area contributed by atoms with Crippen molar-refractivity contribution in [1.29, 1.82) is 0 Å². The third-order valence-electron chi connectivity index (χ3n) is 0.403. The second-order valence-corrected chi connectivity index (χ2v) is 2.79. The minimum atomic E-state index is -4.29. The molecule has 0 spiro atoms. The van der Waals surface area contributed by atoms with Gasteiger partial charge in [0, 0.05) is 0 Å². The normalized spacial score (nSPS) is 9.22. The van der Waals surface area contributed by atoms with Gasteiger partial charge in [0.15, 0.2) is 0 Å². The fourth-order valence-corrected chi connectivity index (χ4v) is 0.474. The Labute approximate surface area is 98.3 Å². The second kappa shape index (κ2) is 8.21. The van der Waals surface area contributed by atoms with Gasteiger partial charge in [-0.05, 0) is 12.7 Å².